The summed E-state index contributed by atoms with van der Waals surface area (Å²) in [7, 11) is 3.43. The van der Waals surface area contributed by atoms with Crippen LogP contribution in [0, 0.1) is 0 Å². The molecule has 1 atom stereocenters. The maximum atomic E-state index is 12.4. The average Bonchev–Trinajstić information content (AvgIpc) is 2.90. The van der Waals surface area contributed by atoms with E-state index in [1.54, 1.807) is 18.0 Å². The number of anilines is 1. The molecule has 0 unspecified atom stereocenters. The maximum absolute atomic E-state index is 12.4. The highest BCUT2D eigenvalue weighted by Gasteiger charge is 2.21. The van der Waals surface area contributed by atoms with Gasteiger partial charge in [0.25, 0.3) is 0 Å². The summed E-state index contributed by atoms with van der Waals surface area (Å²) in [5.41, 5.74) is 0.669. The third kappa shape index (κ3) is 3.75. The van der Waals surface area contributed by atoms with E-state index >= 15 is 0 Å². The second-order valence-electron chi connectivity index (χ2n) is 4.43. The first-order valence-electron chi connectivity index (χ1n) is 6.60. The molecule has 2 aromatic rings. The van der Waals surface area contributed by atoms with Crippen LogP contribution in [0.3, 0.4) is 0 Å². The van der Waals surface area contributed by atoms with Crippen LogP contribution in [0.15, 0.2) is 35.7 Å². The predicted octanol–water partition coefficient (Wildman–Crippen LogP) is 2.33. The number of nitrogens with one attached hydrogen (secondary N) is 1. The lowest BCUT2D eigenvalue weighted by Gasteiger charge is -2.15. The minimum atomic E-state index is -0.238. The number of hydrogen-bond acceptors (Lipinski definition) is 5. The smallest absolute Gasteiger partial charge is 0.238 e. The molecule has 1 aromatic carbocycles. The Morgan fingerprint density at radius 1 is 1.48 bits per heavy atom. The largest absolute Gasteiger partial charge is 0.495 e. The van der Waals surface area contributed by atoms with Gasteiger partial charge in [-0.15, -0.1) is 10.2 Å². The highest BCUT2D eigenvalue weighted by molar-refractivity contribution is 8.00. The molecule has 1 aromatic heterocycles. The molecule has 0 spiro atoms. The van der Waals surface area contributed by atoms with Gasteiger partial charge < -0.3 is 14.6 Å². The summed E-state index contributed by atoms with van der Waals surface area (Å²) >= 11 is 1.40. The lowest BCUT2D eigenvalue weighted by atomic mass is 10.2. The van der Waals surface area contributed by atoms with Crippen LogP contribution in [0.25, 0.3) is 0 Å². The van der Waals surface area contributed by atoms with Gasteiger partial charge in [0, 0.05) is 7.05 Å². The quantitative estimate of drug-likeness (QED) is 0.830. The van der Waals surface area contributed by atoms with Crippen LogP contribution in [0.1, 0.15) is 13.3 Å². The Balaban J connectivity index is 2.08. The van der Waals surface area contributed by atoms with Crippen LogP contribution in [0.4, 0.5) is 5.69 Å². The number of carbonyl (C=O) groups excluding carboxylic acids is 1. The van der Waals surface area contributed by atoms with E-state index in [-0.39, 0.29) is 11.2 Å². The Kier molecular flexibility index (Phi) is 5.21. The van der Waals surface area contributed by atoms with E-state index < -0.39 is 0 Å². The fourth-order valence-corrected chi connectivity index (χ4v) is 2.68. The molecule has 0 fully saturated rings. The zero-order chi connectivity index (χ0) is 15.2. The van der Waals surface area contributed by atoms with Crippen LogP contribution in [0.2, 0.25) is 0 Å². The van der Waals surface area contributed by atoms with Crippen LogP contribution in [0.5, 0.6) is 5.75 Å². The molecule has 0 saturated carbocycles. The number of aromatic nitrogens is 3. The van der Waals surface area contributed by atoms with Gasteiger partial charge in [0.2, 0.25) is 5.91 Å². The van der Waals surface area contributed by atoms with Crippen molar-refractivity contribution in [2.75, 3.05) is 12.4 Å². The topological polar surface area (TPSA) is 69.0 Å². The summed E-state index contributed by atoms with van der Waals surface area (Å²) in [5, 5.41) is 11.2. The number of para-hydroxylation sites is 2. The molecule has 112 valence electrons. The van der Waals surface area contributed by atoms with Gasteiger partial charge in [-0.05, 0) is 18.6 Å². The molecular formula is C14H18N4O2S. The number of ether oxygens (including phenoxy) is 1. The van der Waals surface area contributed by atoms with Gasteiger partial charge in [-0.2, -0.15) is 0 Å². The summed E-state index contributed by atoms with van der Waals surface area (Å²) in [6.07, 6.45) is 2.31. The van der Waals surface area contributed by atoms with Crippen molar-refractivity contribution < 1.29 is 9.53 Å². The number of amides is 1. The Morgan fingerprint density at radius 2 is 2.24 bits per heavy atom. The molecule has 1 heterocycles. The molecule has 0 saturated heterocycles. The van der Waals surface area contributed by atoms with Crippen molar-refractivity contribution in [1.82, 2.24) is 14.8 Å². The van der Waals surface area contributed by atoms with E-state index in [1.165, 1.54) is 11.8 Å². The summed E-state index contributed by atoms with van der Waals surface area (Å²) in [4.78, 5) is 12.4. The third-order valence-corrected chi connectivity index (χ3v) is 4.36. The first-order chi connectivity index (χ1) is 10.2. The van der Waals surface area contributed by atoms with Crippen molar-refractivity contribution in [2.45, 2.75) is 23.8 Å². The average molecular weight is 306 g/mol. The van der Waals surface area contributed by atoms with E-state index in [1.807, 2.05) is 38.2 Å². The van der Waals surface area contributed by atoms with E-state index in [4.69, 9.17) is 4.74 Å². The molecule has 1 amide bonds. The number of benzene rings is 1. The number of rotatable bonds is 6. The number of aryl methyl sites for hydroxylation is 1. The lowest BCUT2D eigenvalue weighted by Crippen LogP contribution is -2.25. The van der Waals surface area contributed by atoms with Gasteiger partial charge in [-0.1, -0.05) is 30.8 Å². The van der Waals surface area contributed by atoms with Gasteiger partial charge in [-0.3, -0.25) is 4.79 Å². The minimum absolute atomic E-state index is 0.0741. The second kappa shape index (κ2) is 7.12. The van der Waals surface area contributed by atoms with Gasteiger partial charge in [0.1, 0.15) is 12.1 Å². The van der Waals surface area contributed by atoms with Crippen molar-refractivity contribution in [2.24, 2.45) is 7.05 Å². The molecule has 6 nitrogen and oxygen atoms in total. The highest BCUT2D eigenvalue weighted by Crippen LogP contribution is 2.27. The molecular weight excluding hydrogens is 288 g/mol. The monoisotopic (exact) mass is 306 g/mol. The number of methoxy groups -OCH3 is 1. The normalized spacial score (nSPS) is 12.0. The van der Waals surface area contributed by atoms with E-state index in [2.05, 4.69) is 15.5 Å². The van der Waals surface area contributed by atoms with Gasteiger partial charge >= 0.3 is 0 Å². The van der Waals surface area contributed by atoms with Crippen molar-refractivity contribution in [3.8, 4) is 5.75 Å². The summed E-state index contributed by atoms with van der Waals surface area (Å²) < 4.78 is 7.03. The Labute approximate surface area is 127 Å². The zero-order valence-corrected chi connectivity index (χ0v) is 13.1. The molecule has 0 aliphatic rings. The number of hydrogen-bond donors (Lipinski definition) is 1. The number of nitrogens with zero attached hydrogens (tertiary/aromatic N) is 3. The van der Waals surface area contributed by atoms with Crippen molar-refractivity contribution in [3.63, 3.8) is 0 Å². The predicted molar refractivity (Wildman–Crippen MR) is 82.6 cm³/mol. The Bertz CT molecular complexity index is 615. The highest BCUT2D eigenvalue weighted by atomic mass is 32.2. The molecule has 0 aliphatic carbocycles. The third-order valence-electron chi connectivity index (χ3n) is 2.95. The molecule has 2 rings (SSSR count). The first kappa shape index (κ1) is 15.4. The first-order valence-corrected chi connectivity index (χ1v) is 7.48. The zero-order valence-electron chi connectivity index (χ0n) is 12.2. The molecule has 7 heteroatoms. The molecule has 1 N–H and O–H groups in total. The van der Waals surface area contributed by atoms with Gasteiger partial charge in [0.05, 0.1) is 18.0 Å². The molecule has 21 heavy (non-hydrogen) atoms. The molecule has 0 bridgehead atoms. The van der Waals surface area contributed by atoms with Crippen LogP contribution in [-0.4, -0.2) is 33.0 Å². The van der Waals surface area contributed by atoms with E-state index in [9.17, 15) is 4.79 Å². The molecule has 0 radical (unpaired) electrons. The lowest BCUT2D eigenvalue weighted by molar-refractivity contribution is -0.115. The standard InChI is InChI=1S/C14H18N4O2S/c1-4-12(21-14-17-15-9-18(14)2)13(19)16-10-7-5-6-8-11(10)20-3/h5-9,12H,4H2,1-3H3,(H,16,19)/t12-/m0/s1. The van der Waals surface area contributed by atoms with Gasteiger partial charge in [0.15, 0.2) is 5.16 Å². The fourth-order valence-electron chi connectivity index (χ4n) is 1.79. The maximum Gasteiger partial charge on any atom is 0.238 e. The summed E-state index contributed by atoms with van der Waals surface area (Å²) in [6, 6.07) is 7.35. The van der Waals surface area contributed by atoms with E-state index in [0.29, 0.717) is 17.9 Å². The van der Waals surface area contributed by atoms with Crippen LogP contribution >= 0.6 is 11.8 Å². The van der Waals surface area contributed by atoms with Crippen LogP contribution in [-0.2, 0) is 11.8 Å². The minimum Gasteiger partial charge on any atom is -0.495 e. The van der Waals surface area contributed by atoms with Crippen molar-refractivity contribution in [1.29, 1.82) is 0 Å². The van der Waals surface area contributed by atoms with Crippen molar-refractivity contribution in [3.05, 3.63) is 30.6 Å². The van der Waals surface area contributed by atoms with Crippen LogP contribution < -0.4 is 10.1 Å². The second-order valence-corrected chi connectivity index (χ2v) is 5.60. The Hall–Kier alpha value is -2.02. The number of carbonyl (C=O) groups is 1. The summed E-state index contributed by atoms with van der Waals surface area (Å²) in [6.45, 7) is 1.97. The van der Waals surface area contributed by atoms with Gasteiger partial charge in [-0.25, -0.2) is 0 Å². The summed E-state index contributed by atoms with van der Waals surface area (Å²) in [5.74, 6) is 0.569. The van der Waals surface area contributed by atoms with E-state index in [0.717, 1.165) is 5.16 Å². The van der Waals surface area contributed by atoms with Crippen molar-refractivity contribution >= 4 is 23.4 Å². The Morgan fingerprint density at radius 3 is 2.86 bits per heavy atom. The number of thioether (sulfide) groups is 1. The molecule has 0 aliphatic heterocycles. The SMILES string of the molecule is CC[C@H](Sc1nncn1C)C(=O)Nc1ccccc1OC. The fraction of sp³-hybridized carbons (Fsp3) is 0.357.